The molecule has 0 radical (unpaired) electrons. The molecule has 1 amide bonds. The summed E-state index contributed by atoms with van der Waals surface area (Å²) in [5.74, 6) is -1.35. The van der Waals surface area contributed by atoms with Gasteiger partial charge in [0, 0.05) is 40.0 Å². The average Bonchev–Trinajstić information content (AvgIpc) is 3.47. The molecule has 0 bridgehead atoms. The molecule has 0 aliphatic heterocycles. The van der Waals surface area contributed by atoms with Crippen molar-refractivity contribution in [3.63, 3.8) is 0 Å². The van der Waals surface area contributed by atoms with Crippen LogP contribution in [0.3, 0.4) is 0 Å². The van der Waals surface area contributed by atoms with Crippen LogP contribution < -0.4 is 15.7 Å². The molecule has 5 rings (SSSR count). The number of hydrogen-bond acceptors (Lipinski definition) is 6. The Bertz CT molecular complexity index is 1530. The molecule has 1 atom stereocenters. The van der Waals surface area contributed by atoms with Crippen molar-refractivity contribution < 1.29 is 29.0 Å². The van der Waals surface area contributed by atoms with Gasteiger partial charge in [0.05, 0.1) is 0 Å². The lowest BCUT2D eigenvalue weighted by Crippen LogP contribution is -2.44. The minimum Gasteiger partial charge on any atom is -0.508 e. The highest BCUT2D eigenvalue weighted by atomic mass is 16.5. The molecule has 4 N–H and O–H groups in total. The SMILES string of the molecule is Cc1c(OCC(=O)N[C@@H](Cc2c[nH]c3ccc(O)cc23)C(=O)O)ccc2c3c(c(=O)oc12)CCC3. The van der Waals surface area contributed by atoms with Crippen LogP contribution >= 0.6 is 0 Å². The standard InChI is InChI=1S/C26H24N2O7/c1-13-22(8-6-17-16-3-2-4-18(16)26(33)35-24(13)17)34-12-23(30)28-21(25(31)32)9-14-11-27-20-7-5-15(29)10-19(14)20/h5-8,10-11,21,27,29H,2-4,9,12H2,1H3,(H,28,30)(H,31,32)/t21-/m0/s1. The Morgan fingerprint density at radius 3 is 2.77 bits per heavy atom. The molecular formula is C26H24N2O7. The zero-order chi connectivity index (χ0) is 24.7. The molecule has 180 valence electrons. The van der Waals surface area contributed by atoms with Gasteiger partial charge in [-0.1, -0.05) is 0 Å². The van der Waals surface area contributed by atoms with E-state index < -0.39 is 24.5 Å². The largest absolute Gasteiger partial charge is 0.508 e. The molecule has 0 saturated heterocycles. The van der Waals surface area contributed by atoms with E-state index in [0.717, 1.165) is 41.3 Å². The Hall–Kier alpha value is -4.27. The van der Waals surface area contributed by atoms with Gasteiger partial charge in [-0.15, -0.1) is 0 Å². The Balaban J connectivity index is 1.30. The van der Waals surface area contributed by atoms with Crippen molar-refractivity contribution in [3.05, 3.63) is 69.2 Å². The highest BCUT2D eigenvalue weighted by Gasteiger charge is 2.24. The molecule has 2 aromatic carbocycles. The van der Waals surface area contributed by atoms with Gasteiger partial charge in [-0.3, -0.25) is 4.79 Å². The van der Waals surface area contributed by atoms with E-state index in [1.807, 2.05) is 6.07 Å². The van der Waals surface area contributed by atoms with E-state index in [9.17, 15) is 24.6 Å². The van der Waals surface area contributed by atoms with Crippen molar-refractivity contribution in [1.29, 1.82) is 0 Å². The zero-order valence-electron chi connectivity index (χ0n) is 19.0. The van der Waals surface area contributed by atoms with Gasteiger partial charge < -0.3 is 29.7 Å². The molecule has 9 nitrogen and oxygen atoms in total. The van der Waals surface area contributed by atoms with Crippen LogP contribution in [0.1, 0.15) is 28.7 Å². The number of carbonyl (C=O) groups is 2. The first-order chi connectivity index (χ1) is 16.8. The number of nitrogens with one attached hydrogen (secondary N) is 2. The van der Waals surface area contributed by atoms with Crippen LogP contribution in [0.4, 0.5) is 0 Å². The Labute approximate surface area is 199 Å². The number of aromatic amines is 1. The summed E-state index contributed by atoms with van der Waals surface area (Å²) in [4.78, 5) is 39.7. The third-order valence-electron chi connectivity index (χ3n) is 6.51. The number of hydrogen-bond donors (Lipinski definition) is 4. The lowest BCUT2D eigenvalue weighted by molar-refractivity contribution is -0.142. The maximum atomic E-state index is 12.5. The molecule has 1 aliphatic rings. The normalized spacial score (nSPS) is 13.6. The number of rotatable bonds is 7. The van der Waals surface area contributed by atoms with E-state index in [4.69, 9.17) is 9.15 Å². The summed E-state index contributed by atoms with van der Waals surface area (Å²) < 4.78 is 11.2. The molecule has 0 unspecified atom stereocenters. The fourth-order valence-electron chi connectivity index (χ4n) is 4.75. The molecule has 0 fully saturated rings. The summed E-state index contributed by atoms with van der Waals surface area (Å²) >= 11 is 0. The van der Waals surface area contributed by atoms with Crippen LogP contribution in [0, 0.1) is 6.92 Å². The summed E-state index contributed by atoms with van der Waals surface area (Å²) in [5.41, 5.74) is 3.86. The smallest absolute Gasteiger partial charge is 0.339 e. The number of aliphatic carboxylic acids is 1. The zero-order valence-corrected chi connectivity index (χ0v) is 19.0. The van der Waals surface area contributed by atoms with Crippen LogP contribution in [0.15, 0.2) is 45.7 Å². The Kier molecular flexibility index (Phi) is 5.68. The van der Waals surface area contributed by atoms with Crippen LogP contribution in [0.2, 0.25) is 0 Å². The summed E-state index contributed by atoms with van der Waals surface area (Å²) in [7, 11) is 0. The number of amides is 1. The summed E-state index contributed by atoms with van der Waals surface area (Å²) in [6.07, 6.45) is 4.14. The summed E-state index contributed by atoms with van der Waals surface area (Å²) in [6.45, 7) is 1.35. The van der Waals surface area contributed by atoms with E-state index in [1.165, 1.54) is 6.07 Å². The van der Waals surface area contributed by atoms with Crippen LogP contribution in [0.5, 0.6) is 11.5 Å². The topological polar surface area (TPSA) is 142 Å². The quantitative estimate of drug-likeness (QED) is 0.300. The number of phenolic OH excluding ortho intramolecular Hbond substituents is 1. The number of aromatic nitrogens is 1. The van der Waals surface area contributed by atoms with Gasteiger partial charge in [-0.2, -0.15) is 0 Å². The third kappa shape index (κ3) is 4.21. The monoisotopic (exact) mass is 476 g/mol. The van der Waals surface area contributed by atoms with Gasteiger partial charge >= 0.3 is 11.6 Å². The van der Waals surface area contributed by atoms with Crippen molar-refractivity contribution in [2.24, 2.45) is 0 Å². The minimum atomic E-state index is -1.19. The van der Waals surface area contributed by atoms with Crippen LogP contribution in [-0.4, -0.2) is 39.7 Å². The van der Waals surface area contributed by atoms with Gasteiger partial charge in [-0.05, 0) is 67.6 Å². The average molecular weight is 476 g/mol. The lowest BCUT2D eigenvalue weighted by Gasteiger charge is -2.16. The first-order valence-electron chi connectivity index (χ1n) is 11.3. The highest BCUT2D eigenvalue weighted by Crippen LogP contribution is 2.33. The van der Waals surface area contributed by atoms with Crippen molar-refractivity contribution in [1.82, 2.24) is 10.3 Å². The van der Waals surface area contributed by atoms with Crippen LogP contribution in [-0.2, 0) is 28.9 Å². The lowest BCUT2D eigenvalue weighted by atomic mass is 10.0. The van der Waals surface area contributed by atoms with E-state index in [0.29, 0.717) is 27.8 Å². The predicted molar refractivity (Wildman–Crippen MR) is 128 cm³/mol. The third-order valence-corrected chi connectivity index (χ3v) is 6.51. The van der Waals surface area contributed by atoms with Crippen molar-refractivity contribution in [2.45, 2.75) is 38.6 Å². The number of benzene rings is 2. The number of aromatic hydroxyl groups is 1. The van der Waals surface area contributed by atoms with E-state index in [1.54, 1.807) is 31.3 Å². The molecule has 35 heavy (non-hydrogen) atoms. The second-order valence-electron chi connectivity index (χ2n) is 8.76. The maximum Gasteiger partial charge on any atom is 0.339 e. The number of ether oxygens (including phenoxy) is 1. The number of carboxylic acid groups (broad SMARTS) is 1. The van der Waals surface area contributed by atoms with Crippen molar-refractivity contribution in [3.8, 4) is 11.5 Å². The first kappa shape index (κ1) is 22.5. The predicted octanol–water partition coefficient (Wildman–Crippen LogP) is 2.97. The molecular weight excluding hydrogens is 452 g/mol. The highest BCUT2D eigenvalue weighted by molar-refractivity contribution is 5.88. The molecule has 2 heterocycles. The second kappa shape index (κ2) is 8.83. The molecule has 0 spiro atoms. The number of aryl methyl sites for hydroxylation is 2. The fraction of sp³-hybridized carbons (Fsp3) is 0.269. The van der Waals surface area contributed by atoms with Gasteiger partial charge in [0.15, 0.2) is 6.61 Å². The van der Waals surface area contributed by atoms with Gasteiger partial charge in [0.1, 0.15) is 23.1 Å². The number of H-pyrrole nitrogens is 1. The molecule has 9 heteroatoms. The summed E-state index contributed by atoms with van der Waals surface area (Å²) in [6, 6.07) is 7.14. The summed E-state index contributed by atoms with van der Waals surface area (Å²) in [5, 5.41) is 23.4. The van der Waals surface area contributed by atoms with Gasteiger partial charge in [-0.25, -0.2) is 9.59 Å². The number of carboxylic acids is 1. The molecule has 4 aromatic rings. The fourth-order valence-corrected chi connectivity index (χ4v) is 4.75. The minimum absolute atomic E-state index is 0.0236. The maximum absolute atomic E-state index is 12.5. The number of fused-ring (bicyclic) bond motifs is 4. The Morgan fingerprint density at radius 2 is 1.97 bits per heavy atom. The Morgan fingerprint density at radius 1 is 1.17 bits per heavy atom. The van der Waals surface area contributed by atoms with Gasteiger partial charge in [0.25, 0.3) is 5.91 Å². The number of phenols is 1. The van der Waals surface area contributed by atoms with Crippen molar-refractivity contribution in [2.75, 3.05) is 6.61 Å². The van der Waals surface area contributed by atoms with Gasteiger partial charge in [0.2, 0.25) is 0 Å². The van der Waals surface area contributed by atoms with E-state index >= 15 is 0 Å². The second-order valence-corrected chi connectivity index (χ2v) is 8.76. The number of carbonyl (C=O) groups excluding carboxylic acids is 1. The van der Waals surface area contributed by atoms with E-state index in [2.05, 4.69) is 10.3 Å². The molecule has 0 saturated carbocycles. The molecule has 2 aromatic heterocycles. The van der Waals surface area contributed by atoms with Crippen molar-refractivity contribution >= 4 is 33.7 Å². The van der Waals surface area contributed by atoms with Crippen LogP contribution in [0.25, 0.3) is 21.9 Å². The first-order valence-corrected chi connectivity index (χ1v) is 11.3. The van der Waals surface area contributed by atoms with E-state index in [-0.39, 0.29) is 17.8 Å². The molecule has 1 aliphatic carbocycles.